The summed E-state index contributed by atoms with van der Waals surface area (Å²) >= 11 is 0. The van der Waals surface area contributed by atoms with Gasteiger partial charge in [0, 0.05) is 42.2 Å². The quantitative estimate of drug-likeness (QED) is 0.722. The number of carbonyl (C=O) groups excluding carboxylic acids is 2. The van der Waals surface area contributed by atoms with E-state index in [0.717, 1.165) is 23.6 Å². The van der Waals surface area contributed by atoms with Gasteiger partial charge in [-0.25, -0.2) is 4.98 Å². The highest BCUT2D eigenvalue weighted by atomic mass is 16.2. The largest absolute Gasteiger partial charge is 0.329 e. The number of hydrogen-bond acceptors (Lipinski definition) is 4. The van der Waals surface area contributed by atoms with Crippen LogP contribution in [0.15, 0.2) is 48.9 Å². The molecule has 0 unspecified atom stereocenters. The summed E-state index contributed by atoms with van der Waals surface area (Å²) < 4.78 is 3.63. The Morgan fingerprint density at radius 2 is 1.93 bits per heavy atom. The van der Waals surface area contributed by atoms with Crippen LogP contribution in [0.5, 0.6) is 0 Å². The van der Waals surface area contributed by atoms with Gasteiger partial charge in [0.2, 0.25) is 11.8 Å². The Hall–Kier alpha value is -3.42. The van der Waals surface area contributed by atoms with Gasteiger partial charge in [-0.05, 0) is 57.0 Å². The van der Waals surface area contributed by atoms with Crippen molar-refractivity contribution in [1.82, 2.24) is 24.2 Å². The molecule has 2 aromatic heterocycles. The molecule has 1 aromatic carbocycles. The predicted octanol–water partition coefficient (Wildman–Crippen LogP) is 2.32. The predicted molar refractivity (Wildman–Crippen MR) is 109 cm³/mol. The summed E-state index contributed by atoms with van der Waals surface area (Å²) in [7, 11) is 0. The molecule has 0 radical (unpaired) electrons. The Morgan fingerprint density at radius 3 is 2.59 bits per heavy atom. The van der Waals surface area contributed by atoms with Crippen molar-refractivity contribution in [1.29, 1.82) is 0 Å². The zero-order valence-electron chi connectivity index (χ0n) is 16.6. The summed E-state index contributed by atoms with van der Waals surface area (Å²) in [5.74, 6) is 0.661. The standard InChI is InChI=1S/C21H24N6O2/c1-15-9-10-23-27(15)14-20(28)26-12-3-4-19(26)21(29)24-17-5-7-18(8-6-17)25-13-11-22-16(25)2/h5-11,13,19H,3-4,12,14H2,1-2H3,(H,24,29)/t19-/m0/s1. The summed E-state index contributed by atoms with van der Waals surface area (Å²) in [5, 5.41) is 7.11. The van der Waals surface area contributed by atoms with E-state index in [-0.39, 0.29) is 18.4 Å². The van der Waals surface area contributed by atoms with Crippen molar-refractivity contribution >= 4 is 17.5 Å². The Kier molecular flexibility index (Phi) is 5.16. The molecule has 0 spiro atoms. The molecule has 2 amide bonds. The number of nitrogens with one attached hydrogen (secondary N) is 1. The van der Waals surface area contributed by atoms with E-state index in [1.807, 2.05) is 54.9 Å². The number of carbonyl (C=O) groups is 2. The number of nitrogens with zero attached hydrogens (tertiary/aromatic N) is 5. The van der Waals surface area contributed by atoms with Gasteiger partial charge < -0.3 is 14.8 Å². The molecule has 1 N–H and O–H groups in total. The van der Waals surface area contributed by atoms with E-state index in [0.29, 0.717) is 18.7 Å². The van der Waals surface area contributed by atoms with Crippen LogP contribution in [0.3, 0.4) is 0 Å². The Labute approximate surface area is 169 Å². The SMILES string of the molecule is Cc1nccn1-c1ccc(NC(=O)[C@@H]2CCCN2C(=O)Cn2nccc2C)cc1. The first-order valence-electron chi connectivity index (χ1n) is 9.72. The lowest BCUT2D eigenvalue weighted by Gasteiger charge is -2.24. The number of aromatic nitrogens is 4. The van der Waals surface area contributed by atoms with E-state index in [2.05, 4.69) is 15.4 Å². The topological polar surface area (TPSA) is 85.0 Å². The summed E-state index contributed by atoms with van der Waals surface area (Å²) in [6.45, 7) is 4.59. The lowest BCUT2D eigenvalue weighted by Crippen LogP contribution is -2.44. The smallest absolute Gasteiger partial charge is 0.247 e. The van der Waals surface area contributed by atoms with Gasteiger partial charge in [0.25, 0.3) is 0 Å². The average Bonchev–Trinajstić information content (AvgIpc) is 3.44. The lowest BCUT2D eigenvalue weighted by atomic mass is 10.2. The molecule has 150 valence electrons. The molecule has 1 aliphatic rings. The molecule has 0 bridgehead atoms. The van der Waals surface area contributed by atoms with E-state index in [1.54, 1.807) is 22.0 Å². The van der Waals surface area contributed by atoms with Crippen molar-refractivity contribution in [2.45, 2.75) is 39.3 Å². The molecule has 3 heterocycles. The zero-order valence-corrected chi connectivity index (χ0v) is 16.6. The van der Waals surface area contributed by atoms with Crippen LogP contribution < -0.4 is 5.32 Å². The molecule has 1 atom stereocenters. The highest BCUT2D eigenvalue weighted by molar-refractivity contribution is 5.97. The van der Waals surface area contributed by atoms with E-state index in [4.69, 9.17) is 0 Å². The number of imidazole rings is 1. The third kappa shape index (κ3) is 3.91. The van der Waals surface area contributed by atoms with Gasteiger partial charge in [-0.2, -0.15) is 5.10 Å². The average molecular weight is 392 g/mol. The van der Waals surface area contributed by atoms with Crippen LogP contribution in [0.25, 0.3) is 5.69 Å². The molecule has 0 saturated carbocycles. The van der Waals surface area contributed by atoms with Gasteiger partial charge >= 0.3 is 0 Å². The first kappa shape index (κ1) is 18.9. The summed E-state index contributed by atoms with van der Waals surface area (Å²) in [5.41, 5.74) is 2.61. The van der Waals surface area contributed by atoms with Gasteiger partial charge in [-0.1, -0.05) is 0 Å². The molecular formula is C21H24N6O2. The number of aryl methyl sites for hydroxylation is 2. The summed E-state index contributed by atoms with van der Waals surface area (Å²) in [6.07, 6.45) is 6.81. The van der Waals surface area contributed by atoms with Gasteiger partial charge in [0.05, 0.1) is 0 Å². The van der Waals surface area contributed by atoms with Crippen molar-refractivity contribution in [3.8, 4) is 5.69 Å². The van der Waals surface area contributed by atoms with Crippen molar-refractivity contribution in [2.75, 3.05) is 11.9 Å². The van der Waals surface area contributed by atoms with Crippen molar-refractivity contribution < 1.29 is 9.59 Å². The minimum atomic E-state index is -0.450. The minimum absolute atomic E-state index is 0.0830. The Balaban J connectivity index is 1.41. The molecule has 1 aliphatic heterocycles. The maximum absolute atomic E-state index is 12.8. The number of anilines is 1. The highest BCUT2D eigenvalue weighted by Gasteiger charge is 2.34. The van der Waals surface area contributed by atoms with E-state index < -0.39 is 6.04 Å². The fraction of sp³-hybridized carbons (Fsp3) is 0.333. The number of likely N-dealkylation sites (tertiary alicyclic amines) is 1. The van der Waals surface area contributed by atoms with Gasteiger partial charge in [-0.3, -0.25) is 14.3 Å². The van der Waals surface area contributed by atoms with Gasteiger partial charge in [0.1, 0.15) is 18.4 Å². The Morgan fingerprint density at radius 1 is 1.14 bits per heavy atom. The van der Waals surface area contributed by atoms with Crippen LogP contribution in [-0.2, 0) is 16.1 Å². The van der Waals surface area contributed by atoms with E-state index >= 15 is 0 Å². The molecule has 29 heavy (non-hydrogen) atoms. The van der Waals surface area contributed by atoms with Crippen LogP contribution in [0.4, 0.5) is 5.69 Å². The first-order chi connectivity index (χ1) is 14.0. The van der Waals surface area contributed by atoms with Crippen molar-refractivity contribution in [3.05, 3.63) is 60.4 Å². The van der Waals surface area contributed by atoms with Gasteiger partial charge in [0.15, 0.2) is 0 Å². The molecule has 3 aromatic rings. The van der Waals surface area contributed by atoms with Crippen molar-refractivity contribution in [3.63, 3.8) is 0 Å². The molecule has 1 saturated heterocycles. The first-order valence-corrected chi connectivity index (χ1v) is 9.72. The minimum Gasteiger partial charge on any atom is -0.329 e. The maximum Gasteiger partial charge on any atom is 0.247 e. The second-order valence-electron chi connectivity index (χ2n) is 7.26. The zero-order chi connectivity index (χ0) is 20.4. The van der Waals surface area contributed by atoms with E-state index in [1.165, 1.54) is 0 Å². The van der Waals surface area contributed by atoms with Crippen LogP contribution in [0.1, 0.15) is 24.4 Å². The summed E-state index contributed by atoms with van der Waals surface area (Å²) in [4.78, 5) is 31.4. The fourth-order valence-electron chi connectivity index (χ4n) is 3.70. The molecule has 4 rings (SSSR count). The van der Waals surface area contributed by atoms with Gasteiger partial charge in [-0.15, -0.1) is 0 Å². The van der Waals surface area contributed by atoms with E-state index in [9.17, 15) is 9.59 Å². The molecule has 8 nitrogen and oxygen atoms in total. The maximum atomic E-state index is 12.8. The second kappa shape index (κ2) is 7.90. The number of hydrogen-bond donors (Lipinski definition) is 1. The number of benzene rings is 1. The second-order valence-corrected chi connectivity index (χ2v) is 7.26. The highest BCUT2D eigenvalue weighted by Crippen LogP contribution is 2.21. The number of rotatable bonds is 5. The molecule has 8 heteroatoms. The Bertz CT molecular complexity index is 1020. The van der Waals surface area contributed by atoms with Crippen molar-refractivity contribution in [2.24, 2.45) is 0 Å². The normalized spacial score (nSPS) is 16.2. The third-order valence-electron chi connectivity index (χ3n) is 5.33. The number of amides is 2. The lowest BCUT2D eigenvalue weighted by molar-refractivity contribution is -0.137. The fourth-order valence-corrected chi connectivity index (χ4v) is 3.70. The third-order valence-corrected chi connectivity index (χ3v) is 5.33. The molecule has 1 fully saturated rings. The van der Waals surface area contributed by atoms with Crippen LogP contribution in [0, 0.1) is 13.8 Å². The molecule has 0 aliphatic carbocycles. The van der Waals surface area contributed by atoms with Crippen LogP contribution >= 0.6 is 0 Å². The van der Waals surface area contributed by atoms with Crippen LogP contribution in [-0.4, -0.2) is 48.6 Å². The molecular weight excluding hydrogens is 368 g/mol. The van der Waals surface area contributed by atoms with Crippen LogP contribution in [0.2, 0.25) is 0 Å². The monoisotopic (exact) mass is 392 g/mol. The summed E-state index contributed by atoms with van der Waals surface area (Å²) in [6, 6.07) is 9.00.